The van der Waals surface area contributed by atoms with Crippen molar-refractivity contribution in [2.24, 2.45) is 0 Å². The van der Waals surface area contributed by atoms with Crippen LogP contribution >= 0.6 is 45.9 Å². The van der Waals surface area contributed by atoms with Crippen LogP contribution in [-0.4, -0.2) is 86.4 Å². The maximum atomic E-state index is 15.3. The van der Waals surface area contributed by atoms with E-state index in [1.165, 1.54) is 14.2 Å². The fourth-order valence-corrected chi connectivity index (χ4v) is 6.28. The van der Waals surface area contributed by atoms with Crippen LogP contribution in [0, 0.1) is 6.92 Å². The van der Waals surface area contributed by atoms with Gasteiger partial charge in [0.2, 0.25) is 0 Å². The number of anilines is 2. The van der Waals surface area contributed by atoms with Crippen LogP contribution in [0.3, 0.4) is 0 Å². The number of amides is 1. The van der Waals surface area contributed by atoms with Gasteiger partial charge in [-0.1, -0.05) is 45.9 Å². The van der Waals surface area contributed by atoms with E-state index in [-0.39, 0.29) is 49.8 Å². The van der Waals surface area contributed by atoms with Crippen molar-refractivity contribution in [3.63, 3.8) is 0 Å². The van der Waals surface area contributed by atoms with E-state index in [9.17, 15) is 14.4 Å². The highest BCUT2D eigenvalue weighted by atomic mass is 35.5. The van der Waals surface area contributed by atoms with Gasteiger partial charge in [-0.15, -0.1) is 0 Å². The maximum Gasteiger partial charge on any atom is 0.350 e. The largest absolute Gasteiger partial charge is 0.465 e. The molecule has 4 rings (SSSR count). The van der Waals surface area contributed by atoms with Gasteiger partial charge < -0.3 is 29.6 Å². The topological polar surface area (TPSA) is 130 Å². The fraction of sp³-hybridized carbons (Fsp3) is 0.435. The minimum atomic E-state index is -1.45. The minimum absolute atomic E-state index is 0.0721. The molecular weight excluding hydrogens is 594 g/mol. The number of H-pyrrole nitrogens is 1. The Bertz CT molecular complexity index is 1420. The molecule has 3 aromatic heterocycles. The number of aryl methyl sites for hydroxylation is 1. The summed E-state index contributed by atoms with van der Waals surface area (Å²) in [6, 6.07) is -0.779. The molecule has 1 saturated heterocycles. The number of aromatic nitrogens is 3. The Morgan fingerprint density at radius 2 is 1.69 bits per heavy atom. The van der Waals surface area contributed by atoms with Crippen LogP contribution in [0.5, 0.6) is 0 Å². The molecule has 4 heterocycles. The van der Waals surface area contributed by atoms with Gasteiger partial charge in [0.25, 0.3) is 5.91 Å². The average molecular weight is 620 g/mol. The van der Waals surface area contributed by atoms with E-state index < -0.39 is 30.1 Å². The average Bonchev–Trinajstić information content (AvgIpc) is 3.61. The quantitative estimate of drug-likeness (QED) is 0.374. The maximum absolute atomic E-state index is 15.3. The molecule has 1 amide bonds. The summed E-state index contributed by atoms with van der Waals surface area (Å²) in [4.78, 5) is 53.4. The van der Waals surface area contributed by atoms with Crippen molar-refractivity contribution in [2.75, 3.05) is 51.2 Å². The molecule has 3 aromatic rings. The summed E-state index contributed by atoms with van der Waals surface area (Å²) in [6.07, 6.45) is -1.19. The summed E-state index contributed by atoms with van der Waals surface area (Å²) in [6.45, 7) is 1.91. The number of carbonyl (C=O) groups excluding carboxylic acids is 3. The van der Waals surface area contributed by atoms with Crippen LogP contribution in [0.1, 0.15) is 41.9 Å². The lowest BCUT2D eigenvalue weighted by Crippen LogP contribution is -2.52. The molecular formula is C23H25Cl2FN6O5S2. The second kappa shape index (κ2) is 11.7. The molecule has 0 spiro atoms. The lowest BCUT2D eigenvalue weighted by molar-refractivity contribution is 0.0595. The minimum Gasteiger partial charge on any atom is -0.465 e. The summed E-state index contributed by atoms with van der Waals surface area (Å²) in [5, 5.41) is 3.85. The molecule has 0 aliphatic carbocycles. The molecule has 39 heavy (non-hydrogen) atoms. The lowest BCUT2D eigenvalue weighted by Gasteiger charge is -2.34. The number of piperidine rings is 1. The monoisotopic (exact) mass is 618 g/mol. The fourth-order valence-electron chi connectivity index (χ4n) is 3.94. The first-order chi connectivity index (χ1) is 18.5. The number of methoxy groups -OCH3 is 2. The summed E-state index contributed by atoms with van der Waals surface area (Å²) in [5.74, 6) is -1.85. The van der Waals surface area contributed by atoms with Crippen molar-refractivity contribution in [3.05, 3.63) is 31.2 Å². The number of alkyl halides is 1. The first-order valence-corrected chi connectivity index (χ1v) is 13.9. The molecule has 210 valence electrons. The molecule has 0 unspecified atom stereocenters. The standard InChI is InChI=1S/C23H25Cl2FN6O5S2/c1-9-12(24)13(25)14(27-9)19(33)28-11-6-7-32(8-10(11)26)23-30-16(18(39-23)21(35)37-5)15-17(20(34)36-4)38-22(29-15)31(2)3/h10-11,27H,6-8H2,1-5H3,(H,28,33)/t10-,11+/m0/s1. The van der Waals surface area contributed by atoms with Crippen molar-refractivity contribution in [1.82, 2.24) is 20.3 Å². The van der Waals surface area contributed by atoms with Gasteiger partial charge in [-0.2, -0.15) is 0 Å². The van der Waals surface area contributed by atoms with Gasteiger partial charge in [-0.25, -0.2) is 23.9 Å². The van der Waals surface area contributed by atoms with Crippen molar-refractivity contribution >= 4 is 74.0 Å². The van der Waals surface area contributed by atoms with Crippen LogP contribution in [-0.2, 0) is 9.47 Å². The number of nitrogens with one attached hydrogen (secondary N) is 2. The number of carbonyl (C=O) groups is 3. The van der Waals surface area contributed by atoms with Gasteiger partial charge in [-0.3, -0.25) is 4.79 Å². The molecule has 11 nitrogen and oxygen atoms in total. The molecule has 1 fully saturated rings. The van der Waals surface area contributed by atoms with Gasteiger partial charge >= 0.3 is 11.9 Å². The van der Waals surface area contributed by atoms with Crippen LogP contribution in [0.15, 0.2) is 0 Å². The van der Waals surface area contributed by atoms with E-state index in [0.29, 0.717) is 22.5 Å². The first-order valence-electron chi connectivity index (χ1n) is 11.6. The Hall–Kier alpha value is -2.94. The Morgan fingerprint density at radius 3 is 2.23 bits per heavy atom. The highest BCUT2D eigenvalue weighted by Crippen LogP contribution is 2.39. The second-order valence-corrected chi connectivity index (χ2v) is 11.5. The summed E-state index contributed by atoms with van der Waals surface area (Å²) in [5.41, 5.74) is 0.927. The first kappa shape index (κ1) is 29.1. The number of ether oxygens (including phenoxy) is 2. The Kier molecular flexibility index (Phi) is 8.69. The van der Waals surface area contributed by atoms with Gasteiger partial charge in [0.15, 0.2) is 10.3 Å². The number of rotatable bonds is 7. The van der Waals surface area contributed by atoms with Crippen LogP contribution in [0.25, 0.3) is 11.4 Å². The highest BCUT2D eigenvalue weighted by Gasteiger charge is 2.35. The van der Waals surface area contributed by atoms with Crippen LogP contribution in [0.4, 0.5) is 14.7 Å². The molecule has 1 aliphatic heterocycles. The lowest BCUT2D eigenvalue weighted by atomic mass is 10.0. The van der Waals surface area contributed by atoms with Crippen molar-refractivity contribution < 1.29 is 28.2 Å². The molecule has 0 radical (unpaired) electrons. The third kappa shape index (κ3) is 5.69. The van der Waals surface area contributed by atoms with Gasteiger partial charge in [0, 0.05) is 26.3 Å². The molecule has 2 N–H and O–H groups in total. The van der Waals surface area contributed by atoms with E-state index in [2.05, 4.69) is 20.3 Å². The normalized spacial score (nSPS) is 17.2. The van der Waals surface area contributed by atoms with Crippen molar-refractivity contribution in [2.45, 2.75) is 25.6 Å². The number of hydrogen-bond donors (Lipinski definition) is 2. The molecule has 0 aromatic carbocycles. The van der Waals surface area contributed by atoms with E-state index in [1.807, 2.05) is 0 Å². The third-order valence-electron chi connectivity index (χ3n) is 5.99. The van der Waals surface area contributed by atoms with E-state index in [0.717, 1.165) is 22.7 Å². The number of hydrogen-bond acceptors (Lipinski definition) is 11. The molecule has 0 saturated carbocycles. The molecule has 1 aliphatic rings. The van der Waals surface area contributed by atoms with Crippen molar-refractivity contribution in [3.8, 4) is 11.4 Å². The summed E-state index contributed by atoms with van der Waals surface area (Å²) >= 11 is 14.3. The number of nitrogens with zero attached hydrogens (tertiary/aromatic N) is 4. The Labute approximate surface area is 241 Å². The van der Waals surface area contributed by atoms with Gasteiger partial charge in [0.1, 0.15) is 33.0 Å². The summed E-state index contributed by atoms with van der Waals surface area (Å²) in [7, 11) is 6.01. The molecule has 0 bridgehead atoms. The predicted octanol–water partition coefficient (Wildman–Crippen LogP) is 4.20. The number of thiazole rings is 2. The number of aromatic amines is 1. The highest BCUT2D eigenvalue weighted by molar-refractivity contribution is 7.19. The number of esters is 2. The smallest absolute Gasteiger partial charge is 0.350 e. The third-order valence-corrected chi connectivity index (χ3v) is 9.24. The predicted molar refractivity (Wildman–Crippen MR) is 149 cm³/mol. The second-order valence-electron chi connectivity index (χ2n) is 8.81. The summed E-state index contributed by atoms with van der Waals surface area (Å²) < 4.78 is 25.1. The SMILES string of the molecule is COC(=O)c1sc(N(C)C)nc1-c1nc(N2CC[C@@H](NC(=O)c3[nH]c(C)c(Cl)c3Cl)[C@@H](F)C2)sc1C(=O)OC. The van der Waals surface area contributed by atoms with Crippen molar-refractivity contribution in [1.29, 1.82) is 0 Å². The van der Waals surface area contributed by atoms with E-state index in [1.54, 1.807) is 30.8 Å². The Morgan fingerprint density at radius 1 is 1.08 bits per heavy atom. The Balaban J connectivity index is 1.59. The molecule has 2 atom stereocenters. The zero-order valence-electron chi connectivity index (χ0n) is 21.6. The number of halogens is 3. The van der Waals surface area contributed by atoms with Gasteiger partial charge in [0.05, 0.1) is 36.9 Å². The zero-order chi connectivity index (χ0) is 28.6. The van der Waals surface area contributed by atoms with Gasteiger partial charge in [-0.05, 0) is 13.3 Å². The zero-order valence-corrected chi connectivity index (χ0v) is 24.7. The van der Waals surface area contributed by atoms with E-state index in [4.69, 9.17) is 32.7 Å². The van der Waals surface area contributed by atoms with Crippen LogP contribution < -0.4 is 15.1 Å². The van der Waals surface area contributed by atoms with Crippen LogP contribution in [0.2, 0.25) is 10.0 Å². The molecule has 16 heteroatoms. The van der Waals surface area contributed by atoms with E-state index >= 15 is 4.39 Å².